The molecule has 1 atom stereocenters. The van der Waals surface area contributed by atoms with Gasteiger partial charge in [0.15, 0.2) is 11.5 Å². The lowest BCUT2D eigenvalue weighted by atomic mass is 10.1. The largest absolute Gasteiger partial charge is 0.493 e. The molecule has 0 amide bonds. The van der Waals surface area contributed by atoms with Crippen molar-refractivity contribution in [1.82, 2.24) is 4.98 Å². The van der Waals surface area contributed by atoms with Crippen LogP contribution in [0.1, 0.15) is 11.7 Å². The van der Waals surface area contributed by atoms with E-state index in [1.54, 1.807) is 50.7 Å². The van der Waals surface area contributed by atoms with Crippen LogP contribution in [0.3, 0.4) is 0 Å². The standard InChI is InChI=1S/C15H17ClN2O3/c1-20-13-6-5-10(8-14(13)21-2)12(19)9-18-15-11(16)4-3-7-17-15/h3-8,12,19H,9H2,1-2H3,(H,17,18). The molecule has 6 heteroatoms. The van der Waals surface area contributed by atoms with Crippen LogP contribution in [0.15, 0.2) is 36.5 Å². The molecule has 0 aliphatic heterocycles. The predicted octanol–water partition coefficient (Wildman–Crippen LogP) is 2.90. The molecule has 1 heterocycles. The lowest BCUT2D eigenvalue weighted by Gasteiger charge is -2.15. The van der Waals surface area contributed by atoms with Gasteiger partial charge in [0.05, 0.1) is 25.3 Å². The number of methoxy groups -OCH3 is 2. The van der Waals surface area contributed by atoms with Crippen molar-refractivity contribution < 1.29 is 14.6 Å². The van der Waals surface area contributed by atoms with Gasteiger partial charge in [0, 0.05) is 12.7 Å². The maximum absolute atomic E-state index is 10.2. The molecular weight excluding hydrogens is 292 g/mol. The number of nitrogens with zero attached hydrogens (tertiary/aromatic N) is 1. The number of ether oxygens (including phenoxy) is 2. The van der Waals surface area contributed by atoms with Crippen molar-refractivity contribution in [3.05, 3.63) is 47.1 Å². The zero-order valence-corrected chi connectivity index (χ0v) is 12.6. The van der Waals surface area contributed by atoms with Crippen LogP contribution in [0.2, 0.25) is 5.02 Å². The summed E-state index contributed by atoms with van der Waals surface area (Å²) >= 11 is 6.00. The van der Waals surface area contributed by atoms with Gasteiger partial charge in [-0.1, -0.05) is 17.7 Å². The molecule has 0 saturated carbocycles. The second kappa shape index (κ2) is 7.15. The third-order valence-electron chi connectivity index (χ3n) is 3.01. The van der Waals surface area contributed by atoms with E-state index >= 15 is 0 Å². The number of halogens is 1. The predicted molar refractivity (Wildman–Crippen MR) is 82.2 cm³/mol. The van der Waals surface area contributed by atoms with Gasteiger partial charge in [-0.15, -0.1) is 0 Å². The molecule has 1 aromatic heterocycles. The third-order valence-corrected chi connectivity index (χ3v) is 3.32. The zero-order valence-electron chi connectivity index (χ0n) is 11.8. The molecule has 21 heavy (non-hydrogen) atoms. The van der Waals surface area contributed by atoms with E-state index in [9.17, 15) is 5.11 Å². The molecule has 2 N–H and O–H groups in total. The summed E-state index contributed by atoms with van der Waals surface area (Å²) in [4.78, 5) is 4.11. The number of hydrogen-bond acceptors (Lipinski definition) is 5. The van der Waals surface area contributed by atoms with E-state index in [1.807, 2.05) is 0 Å². The first-order valence-electron chi connectivity index (χ1n) is 6.40. The first kappa shape index (κ1) is 15.4. The molecule has 0 spiro atoms. The first-order chi connectivity index (χ1) is 10.2. The Kier molecular flexibility index (Phi) is 5.25. The molecular formula is C15H17ClN2O3. The monoisotopic (exact) mass is 308 g/mol. The molecule has 0 aliphatic carbocycles. The number of aromatic nitrogens is 1. The maximum Gasteiger partial charge on any atom is 0.161 e. The SMILES string of the molecule is COc1ccc(C(O)CNc2ncccc2Cl)cc1OC. The molecule has 0 radical (unpaired) electrons. The molecule has 0 saturated heterocycles. The number of pyridine rings is 1. The van der Waals surface area contributed by atoms with Crippen LogP contribution >= 0.6 is 11.6 Å². The maximum atomic E-state index is 10.2. The van der Waals surface area contributed by atoms with E-state index in [0.717, 1.165) is 0 Å². The van der Waals surface area contributed by atoms with Crippen molar-refractivity contribution in [1.29, 1.82) is 0 Å². The van der Waals surface area contributed by atoms with Gasteiger partial charge in [0.1, 0.15) is 5.82 Å². The Labute approximate surface area is 128 Å². The molecule has 0 bridgehead atoms. The minimum Gasteiger partial charge on any atom is -0.493 e. The van der Waals surface area contributed by atoms with Gasteiger partial charge in [-0.25, -0.2) is 4.98 Å². The number of benzene rings is 1. The van der Waals surface area contributed by atoms with Crippen molar-refractivity contribution in [2.45, 2.75) is 6.10 Å². The molecule has 0 fully saturated rings. The van der Waals surface area contributed by atoms with Crippen LogP contribution in [0.5, 0.6) is 11.5 Å². The lowest BCUT2D eigenvalue weighted by molar-refractivity contribution is 0.191. The fourth-order valence-corrected chi connectivity index (χ4v) is 2.08. The van der Waals surface area contributed by atoms with Gasteiger partial charge in [-0.3, -0.25) is 0 Å². The van der Waals surface area contributed by atoms with Crippen LogP contribution in [0.25, 0.3) is 0 Å². The third kappa shape index (κ3) is 3.77. The van der Waals surface area contributed by atoms with Gasteiger partial charge in [0.2, 0.25) is 0 Å². The van der Waals surface area contributed by atoms with Gasteiger partial charge in [-0.05, 0) is 29.8 Å². The highest BCUT2D eigenvalue weighted by Gasteiger charge is 2.12. The quantitative estimate of drug-likeness (QED) is 0.859. The number of anilines is 1. The Morgan fingerprint density at radius 2 is 2.00 bits per heavy atom. The van der Waals surface area contributed by atoms with E-state index in [1.165, 1.54) is 0 Å². The summed E-state index contributed by atoms with van der Waals surface area (Å²) < 4.78 is 10.4. The van der Waals surface area contributed by atoms with Crippen molar-refractivity contribution >= 4 is 17.4 Å². The smallest absolute Gasteiger partial charge is 0.161 e. The molecule has 1 unspecified atom stereocenters. The molecule has 1 aromatic carbocycles. The van der Waals surface area contributed by atoms with Crippen LogP contribution in [0, 0.1) is 0 Å². The zero-order chi connectivity index (χ0) is 15.2. The highest BCUT2D eigenvalue weighted by atomic mass is 35.5. The van der Waals surface area contributed by atoms with Crippen LogP contribution in [-0.2, 0) is 0 Å². The summed E-state index contributed by atoms with van der Waals surface area (Å²) in [7, 11) is 3.12. The minimum atomic E-state index is -0.720. The normalized spacial score (nSPS) is 11.8. The number of nitrogens with one attached hydrogen (secondary N) is 1. The van der Waals surface area contributed by atoms with Gasteiger partial charge in [0.25, 0.3) is 0 Å². The number of aliphatic hydroxyl groups is 1. The summed E-state index contributed by atoms with van der Waals surface area (Å²) in [5.74, 6) is 1.73. The molecule has 112 valence electrons. The van der Waals surface area contributed by atoms with E-state index in [-0.39, 0.29) is 6.54 Å². The average Bonchev–Trinajstić information content (AvgIpc) is 2.53. The van der Waals surface area contributed by atoms with E-state index in [4.69, 9.17) is 21.1 Å². The van der Waals surface area contributed by atoms with Crippen LogP contribution in [0.4, 0.5) is 5.82 Å². The van der Waals surface area contributed by atoms with Crippen molar-refractivity contribution in [3.63, 3.8) is 0 Å². The first-order valence-corrected chi connectivity index (χ1v) is 6.78. The van der Waals surface area contributed by atoms with Crippen molar-refractivity contribution in [2.75, 3.05) is 26.1 Å². The summed E-state index contributed by atoms with van der Waals surface area (Å²) in [6.45, 7) is 0.284. The molecule has 5 nitrogen and oxygen atoms in total. The Bertz CT molecular complexity index is 607. The highest BCUT2D eigenvalue weighted by Crippen LogP contribution is 2.30. The summed E-state index contributed by atoms with van der Waals surface area (Å²) in [5, 5.41) is 13.7. The number of aliphatic hydroxyl groups excluding tert-OH is 1. The number of rotatable bonds is 6. The minimum absolute atomic E-state index is 0.284. The van der Waals surface area contributed by atoms with Gasteiger partial charge < -0.3 is 19.9 Å². The topological polar surface area (TPSA) is 63.6 Å². The fraction of sp³-hybridized carbons (Fsp3) is 0.267. The fourth-order valence-electron chi connectivity index (χ4n) is 1.89. The van der Waals surface area contributed by atoms with E-state index < -0.39 is 6.10 Å². The van der Waals surface area contributed by atoms with Gasteiger partial charge in [-0.2, -0.15) is 0 Å². The molecule has 2 rings (SSSR count). The second-order valence-corrected chi connectivity index (χ2v) is 4.75. The lowest BCUT2D eigenvalue weighted by Crippen LogP contribution is -2.13. The van der Waals surface area contributed by atoms with Crippen molar-refractivity contribution in [3.8, 4) is 11.5 Å². The Hall–Kier alpha value is -1.98. The summed E-state index contributed by atoms with van der Waals surface area (Å²) in [6, 6.07) is 8.77. The second-order valence-electron chi connectivity index (χ2n) is 4.34. The Morgan fingerprint density at radius 3 is 2.67 bits per heavy atom. The number of hydrogen-bond donors (Lipinski definition) is 2. The Balaban J connectivity index is 2.06. The molecule has 0 aliphatic rings. The van der Waals surface area contributed by atoms with Crippen LogP contribution < -0.4 is 14.8 Å². The van der Waals surface area contributed by atoms with Crippen LogP contribution in [-0.4, -0.2) is 30.9 Å². The summed E-state index contributed by atoms with van der Waals surface area (Å²) in [5.41, 5.74) is 0.715. The van der Waals surface area contributed by atoms with Gasteiger partial charge >= 0.3 is 0 Å². The highest BCUT2D eigenvalue weighted by molar-refractivity contribution is 6.32. The summed E-state index contributed by atoms with van der Waals surface area (Å²) in [6.07, 6.45) is 0.916. The van der Waals surface area contributed by atoms with E-state index in [2.05, 4.69) is 10.3 Å². The van der Waals surface area contributed by atoms with Crippen molar-refractivity contribution in [2.24, 2.45) is 0 Å². The van der Waals surface area contributed by atoms with E-state index in [0.29, 0.717) is 27.9 Å². The molecule has 2 aromatic rings. The Morgan fingerprint density at radius 1 is 1.24 bits per heavy atom. The average molecular weight is 309 g/mol.